The lowest BCUT2D eigenvalue weighted by molar-refractivity contribution is 0.104. The number of aryl methyl sites for hydroxylation is 1. The topological polar surface area (TPSA) is 83.3 Å². The van der Waals surface area contributed by atoms with Crippen molar-refractivity contribution in [2.45, 2.75) is 68.9 Å². The number of piperidine rings is 2. The summed E-state index contributed by atoms with van der Waals surface area (Å²) in [5, 5.41) is 24.1. The van der Waals surface area contributed by atoms with Crippen LogP contribution in [0.25, 0.3) is 22.0 Å². The van der Waals surface area contributed by atoms with E-state index in [1.54, 1.807) is 19.3 Å². The zero-order chi connectivity index (χ0) is 22.7. The van der Waals surface area contributed by atoms with Crippen LogP contribution in [-0.2, 0) is 7.05 Å². The number of benzene rings is 1. The lowest BCUT2D eigenvalue weighted by Gasteiger charge is -2.47. The van der Waals surface area contributed by atoms with E-state index < -0.39 is 6.17 Å². The number of hydrogen-bond acceptors (Lipinski definition) is 6. The summed E-state index contributed by atoms with van der Waals surface area (Å²) in [6, 6.07) is 9.24. The van der Waals surface area contributed by atoms with Gasteiger partial charge in [0.25, 0.3) is 5.56 Å². The highest BCUT2D eigenvalue weighted by atomic mass is 19.1. The molecule has 0 spiro atoms. The molecular weight excluding hydrogens is 421 g/mol. The van der Waals surface area contributed by atoms with Crippen LogP contribution in [0, 0.1) is 0 Å². The van der Waals surface area contributed by atoms with E-state index in [-0.39, 0.29) is 23.4 Å². The molecule has 6 rings (SSSR count). The van der Waals surface area contributed by atoms with Crippen molar-refractivity contribution in [3.63, 3.8) is 0 Å². The molecule has 2 aliphatic heterocycles. The van der Waals surface area contributed by atoms with E-state index in [2.05, 4.69) is 20.4 Å². The number of fused-ring (bicyclic) bond motifs is 3. The zero-order valence-corrected chi connectivity index (χ0v) is 18.6. The third-order valence-corrected chi connectivity index (χ3v) is 7.48. The summed E-state index contributed by atoms with van der Waals surface area (Å²) in [6.45, 7) is 0. The van der Waals surface area contributed by atoms with E-state index in [0.29, 0.717) is 34.5 Å². The standard InChI is InChI=1S/C25H28FN5O2/c1-30-10-9-14-11-18(22(32)13-17(14)25(30)33)19-7-8-23(29-28-19)31(16-5-6-16)21-12-15-3-2-4-20(27-15)24(21)26/h7-11,13,15-16,20-21,24,27,32H,2-6,12H2,1H3/t15-,20+,21?,24?/m1/s1. The van der Waals surface area contributed by atoms with Crippen LogP contribution in [-0.4, -0.2) is 50.2 Å². The van der Waals surface area contributed by atoms with Gasteiger partial charge in [-0.15, -0.1) is 10.2 Å². The number of aromatic hydroxyl groups is 1. The minimum Gasteiger partial charge on any atom is -0.507 e. The number of aromatic nitrogens is 3. The second-order valence-corrected chi connectivity index (χ2v) is 9.75. The summed E-state index contributed by atoms with van der Waals surface area (Å²) < 4.78 is 16.9. The van der Waals surface area contributed by atoms with Gasteiger partial charge in [0.05, 0.1) is 17.1 Å². The summed E-state index contributed by atoms with van der Waals surface area (Å²) in [5.74, 6) is 0.685. The molecule has 1 aliphatic carbocycles. The second kappa shape index (κ2) is 7.80. The van der Waals surface area contributed by atoms with Crippen molar-refractivity contribution in [1.29, 1.82) is 0 Å². The third kappa shape index (κ3) is 3.57. The molecule has 1 aromatic carbocycles. The number of hydrogen-bond donors (Lipinski definition) is 2. The quantitative estimate of drug-likeness (QED) is 0.636. The fourth-order valence-corrected chi connectivity index (χ4v) is 5.62. The fraction of sp³-hybridized carbons (Fsp3) is 0.480. The van der Waals surface area contributed by atoms with Crippen LogP contribution in [0.1, 0.15) is 38.5 Å². The number of anilines is 1. The minimum atomic E-state index is -0.921. The Morgan fingerprint density at radius 2 is 2.00 bits per heavy atom. The van der Waals surface area contributed by atoms with Crippen molar-refractivity contribution in [2.24, 2.45) is 7.05 Å². The molecule has 4 heterocycles. The molecular formula is C25H28FN5O2. The first kappa shape index (κ1) is 20.6. The summed E-state index contributed by atoms with van der Waals surface area (Å²) in [5.41, 5.74) is 0.879. The van der Waals surface area contributed by atoms with Crippen LogP contribution >= 0.6 is 0 Å². The first-order valence-corrected chi connectivity index (χ1v) is 11.8. The number of phenolic OH excluding ortho intramolecular Hbond substituents is 1. The Morgan fingerprint density at radius 1 is 1.15 bits per heavy atom. The summed E-state index contributed by atoms with van der Waals surface area (Å²) in [7, 11) is 1.68. The number of pyridine rings is 1. The van der Waals surface area contributed by atoms with Gasteiger partial charge in [-0.3, -0.25) is 4.79 Å². The molecule has 33 heavy (non-hydrogen) atoms. The van der Waals surface area contributed by atoms with Gasteiger partial charge < -0.3 is 19.9 Å². The van der Waals surface area contributed by atoms with Gasteiger partial charge in [0.1, 0.15) is 11.9 Å². The van der Waals surface area contributed by atoms with Crippen molar-refractivity contribution >= 4 is 16.6 Å². The van der Waals surface area contributed by atoms with E-state index in [1.165, 1.54) is 10.6 Å². The van der Waals surface area contributed by atoms with Gasteiger partial charge in [-0.1, -0.05) is 6.42 Å². The molecule has 2 aromatic heterocycles. The first-order chi connectivity index (χ1) is 16.0. The molecule has 4 atom stereocenters. The smallest absolute Gasteiger partial charge is 0.258 e. The Morgan fingerprint density at radius 3 is 2.76 bits per heavy atom. The molecule has 2 unspecified atom stereocenters. The molecule has 3 aliphatic rings. The van der Waals surface area contributed by atoms with E-state index >= 15 is 4.39 Å². The van der Waals surface area contributed by atoms with E-state index in [0.717, 1.165) is 43.9 Å². The molecule has 3 aromatic rings. The minimum absolute atomic E-state index is 0.0121. The van der Waals surface area contributed by atoms with Gasteiger partial charge in [-0.2, -0.15) is 0 Å². The third-order valence-electron chi connectivity index (χ3n) is 7.48. The van der Waals surface area contributed by atoms with Crippen LogP contribution in [0.4, 0.5) is 10.2 Å². The van der Waals surface area contributed by atoms with Gasteiger partial charge in [0.15, 0.2) is 5.82 Å². The molecule has 2 bridgehead atoms. The van der Waals surface area contributed by atoms with Gasteiger partial charge in [0.2, 0.25) is 0 Å². The molecule has 2 N–H and O–H groups in total. The fourth-order valence-electron chi connectivity index (χ4n) is 5.62. The van der Waals surface area contributed by atoms with E-state index in [9.17, 15) is 9.90 Å². The van der Waals surface area contributed by atoms with Gasteiger partial charge in [0, 0.05) is 36.9 Å². The Kier molecular flexibility index (Phi) is 4.87. The Labute approximate surface area is 191 Å². The largest absolute Gasteiger partial charge is 0.507 e. The van der Waals surface area contributed by atoms with Crippen molar-refractivity contribution < 1.29 is 9.50 Å². The average Bonchev–Trinajstić information content (AvgIpc) is 3.66. The molecule has 172 valence electrons. The number of nitrogens with one attached hydrogen (secondary N) is 1. The molecule has 8 heteroatoms. The molecule has 7 nitrogen and oxygen atoms in total. The first-order valence-electron chi connectivity index (χ1n) is 11.8. The normalized spacial score (nSPS) is 27.0. The number of halogens is 1. The predicted molar refractivity (Wildman–Crippen MR) is 125 cm³/mol. The highest BCUT2D eigenvalue weighted by molar-refractivity contribution is 5.89. The lowest BCUT2D eigenvalue weighted by Crippen LogP contribution is -2.62. The zero-order valence-electron chi connectivity index (χ0n) is 18.6. The molecule has 3 fully saturated rings. The van der Waals surface area contributed by atoms with E-state index in [1.807, 2.05) is 18.2 Å². The van der Waals surface area contributed by atoms with Crippen molar-refractivity contribution in [2.75, 3.05) is 4.90 Å². The van der Waals surface area contributed by atoms with Gasteiger partial charge >= 0.3 is 0 Å². The number of rotatable bonds is 4. The molecule has 1 saturated carbocycles. The Bertz CT molecular complexity index is 1260. The average molecular weight is 450 g/mol. The maximum Gasteiger partial charge on any atom is 0.258 e. The molecule has 0 amide bonds. The van der Waals surface area contributed by atoms with E-state index in [4.69, 9.17) is 0 Å². The van der Waals surface area contributed by atoms with Crippen LogP contribution in [0.15, 0.2) is 41.3 Å². The van der Waals surface area contributed by atoms with Gasteiger partial charge in [-0.25, -0.2) is 4.39 Å². The number of nitrogens with zero attached hydrogens (tertiary/aromatic N) is 4. The van der Waals surface area contributed by atoms with Crippen molar-refractivity contribution in [3.8, 4) is 17.0 Å². The lowest BCUT2D eigenvalue weighted by atomic mass is 9.82. The van der Waals surface area contributed by atoms with Gasteiger partial charge in [-0.05, 0) is 67.8 Å². The number of alkyl halides is 1. The highest BCUT2D eigenvalue weighted by Crippen LogP contribution is 2.40. The summed E-state index contributed by atoms with van der Waals surface area (Å²) >= 11 is 0. The SMILES string of the molecule is Cn1ccc2cc(-c3ccc(N(C4CC4)C4C[C@H]5CCC[C@H](N5)C4F)nn3)c(O)cc2c1=O. The van der Waals surface area contributed by atoms with Crippen molar-refractivity contribution in [3.05, 3.63) is 46.9 Å². The monoisotopic (exact) mass is 449 g/mol. The Balaban J connectivity index is 1.33. The predicted octanol–water partition coefficient (Wildman–Crippen LogP) is 3.29. The highest BCUT2D eigenvalue weighted by Gasteiger charge is 2.46. The van der Waals surface area contributed by atoms with Crippen LogP contribution < -0.4 is 15.8 Å². The maximum atomic E-state index is 15.4. The Hall–Kier alpha value is -3.00. The maximum absolute atomic E-state index is 15.4. The van der Waals surface area contributed by atoms with Crippen LogP contribution in [0.2, 0.25) is 0 Å². The van der Waals surface area contributed by atoms with Crippen LogP contribution in [0.5, 0.6) is 5.75 Å². The van der Waals surface area contributed by atoms with Crippen molar-refractivity contribution in [1.82, 2.24) is 20.1 Å². The second-order valence-electron chi connectivity index (χ2n) is 9.75. The summed E-state index contributed by atoms with van der Waals surface area (Å²) in [4.78, 5) is 14.5. The number of phenols is 1. The van der Waals surface area contributed by atoms with Crippen LogP contribution in [0.3, 0.4) is 0 Å². The molecule has 0 radical (unpaired) electrons. The summed E-state index contributed by atoms with van der Waals surface area (Å²) in [6.07, 6.45) is 6.76. The molecule has 2 saturated heterocycles.